The Bertz CT molecular complexity index is 819. The van der Waals surface area contributed by atoms with Gasteiger partial charge in [-0.05, 0) is 94.2 Å². The largest absolute Gasteiger partial charge is 0.396 e. The van der Waals surface area contributed by atoms with Gasteiger partial charge in [0.15, 0.2) is 0 Å². The van der Waals surface area contributed by atoms with Crippen LogP contribution < -0.4 is 10.6 Å². The summed E-state index contributed by atoms with van der Waals surface area (Å²) in [5.74, 6) is 2.18. The number of thiocarbonyl (C=S) groups is 1. The van der Waals surface area contributed by atoms with Crippen LogP contribution in [0.1, 0.15) is 51.4 Å². The fourth-order valence-corrected chi connectivity index (χ4v) is 6.53. The van der Waals surface area contributed by atoms with Gasteiger partial charge in [0.25, 0.3) is 0 Å². The highest BCUT2D eigenvalue weighted by Gasteiger charge is 2.27. The maximum absolute atomic E-state index is 4.75. The molecule has 3 heterocycles. The average Bonchev–Trinajstić information content (AvgIpc) is 3.29. The Kier molecular flexibility index (Phi) is 9.14. The Balaban J connectivity index is 0.000000775. The lowest BCUT2D eigenvalue weighted by Gasteiger charge is -2.40. The summed E-state index contributed by atoms with van der Waals surface area (Å²) in [4.78, 5) is 8.00. The van der Waals surface area contributed by atoms with Crippen LogP contribution in [0.2, 0.25) is 0 Å². The van der Waals surface area contributed by atoms with Crippen LogP contribution in [0.5, 0.6) is 0 Å². The number of fused-ring (bicyclic) bond motifs is 1. The first-order valence-corrected chi connectivity index (χ1v) is 13.7. The van der Waals surface area contributed by atoms with Crippen molar-refractivity contribution in [1.29, 1.82) is 0 Å². The number of anilines is 1. The second kappa shape index (κ2) is 12.3. The van der Waals surface area contributed by atoms with Crippen LogP contribution in [-0.2, 0) is 0 Å². The zero-order chi connectivity index (χ0) is 22.2. The van der Waals surface area contributed by atoms with Crippen LogP contribution in [0, 0.1) is 5.92 Å². The summed E-state index contributed by atoms with van der Waals surface area (Å²) in [6.07, 6.45) is 11.6. The van der Waals surface area contributed by atoms with Crippen molar-refractivity contribution in [1.82, 2.24) is 14.2 Å². The van der Waals surface area contributed by atoms with Gasteiger partial charge in [-0.1, -0.05) is 30.8 Å². The zero-order valence-electron chi connectivity index (χ0n) is 19.3. The Hall–Kier alpha value is -1.28. The number of aromatic nitrogens is 1. The Morgan fingerprint density at radius 2 is 1.66 bits per heavy atom. The van der Waals surface area contributed by atoms with E-state index in [1.54, 1.807) is 11.5 Å². The molecule has 2 saturated heterocycles. The molecule has 1 aliphatic carbocycles. The molecule has 2 aromatic rings. The van der Waals surface area contributed by atoms with Gasteiger partial charge in [-0.2, -0.15) is 4.37 Å². The molecular formula is C25H39N5S2. The molecule has 7 heteroatoms. The highest BCUT2D eigenvalue weighted by atomic mass is 32.1. The van der Waals surface area contributed by atoms with Crippen LogP contribution in [0.15, 0.2) is 24.3 Å². The third kappa shape index (κ3) is 6.19. The summed E-state index contributed by atoms with van der Waals surface area (Å²) in [5.41, 5.74) is 5.62. The maximum atomic E-state index is 4.75. The highest BCUT2D eigenvalue weighted by molar-refractivity contribution is 7.78. The number of likely N-dealkylation sites (tertiary alicyclic amines) is 1. The van der Waals surface area contributed by atoms with Gasteiger partial charge >= 0.3 is 0 Å². The first-order valence-electron chi connectivity index (χ1n) is 12.5. The fourth-order valence-electron chi connectivity index (χ4n) is 5.73. The Morgan fingerprint density at radius 3 is 2.38 bits per heavy atom. The molecule has 1 aromatic carbocycles. The summed E-state index contributed by atoms with van der Waals surface area (Å²) in [6, 6.07) is 9.56. The molecule has 0 atom stereocenters. The van der Waals surface area contributed by atoms with E-state index in [-0.39, 0.29) is 0 Å². The van der Waals surface area contributed by atoms with Crippen molar-refractivity contribution < 1.29 is 0 Å². The van der Waals surface area contributed by atoms with E-state index >= 15 is 0 Å². The molecule has 2 aliphatic heterocycles. The highest BCUT2D eigenvalue weighted by Crippen LogP contribution is 2.32. The van der Waals surface area contributed by atoms with Gasteiger partial charge < -0.3 is 15.5 Å². The number of hydrogen-bond donors (Lipinski definition) is 1. The van der Waals surface area contributed by atoms with Gasteiger partial charge in [0.2, 0.25) is 0 Å². The van der Waals surface area contributed by atoms with E-state index in [1.165, 1.54) is 100.0 Å². The summed E-state index contributed by atoms with van der Waals surface area (Å²) >= 11 is 5.69. The minimum atomic E-state index is 0.906. The lowest BCUT2D eigenvalue weighted by molar-refractivity contribution is 0.109. The van der Waals surface area contributed by atoms with E-state index < -0.39 is 0 Å². The number of nitrogens with zero attached hydrogens (tertiary/aromatic N) is 4. The van der Waals surface area contributed by atoms with Crippen molar-refractivity contribution in [3.63, 3.8) is 0 Å². The molecule has 1 saturated carbocycles. The van der Waals surface area contributed by atoms with Crippen molar-refractivity contribution in [2.24, 2.45) is 11.7 Å². The van der Waals surface area contributed by atoms with E-state index in [0.29, 0.717) is 0 Å². The molecule has 0 unspecified atom stereocenters. The molecule has 3 fully saturated rings. The van der Waals surface area contributed by atoms with Crippen molar-refractivity contribution in [3.8, 4) is 0 Å². The summed E-state index contributed by atoms with van der Waals surface area (Å²) in [7, 11) is 0. The van der Waals surface area contributed by atoms with E-state index in [2.05, 4.69) is 56.9 Å². The first kappa shape index (κ1) is 23.9. The minimum absolute atomic E-state index is 0.906. The van der Waals surface area contributed by atoms with Gasteiger partial charge in [0, 0.05) is 37.6 Å². The molecule has 0 spiro atoms. The summed E-state index contributed by atoms with van der Waals surface area (Å²) in [5, 5.41) is 1.33. The summed E-state index contributed by atoms with van der Waals surface area (Å²) < 4.78 is 6.06. The first-order chi connectivity index (χ1) is 15.8. The normalized spacial score (nSPS) is 25.3. The Morgan fingerprint density at radius 1 is 0.969 bits per heavy atom. The monoisotopic (exact) mass is 473 g/mol. The molecule has 5 nitrogen and oxygen atoms in total. The maximum Gasteiger partial charge on any atom is 0.150 e. The average molecular weight is 474 g/mol. The van der Waals surface area contributed by atoms with Crippen LogP contribution >= 0.6 is 23.8 Å². The number of piperazine rings is 1. The second-order valence-corrected chi connectivity index (χ2v) is 10.6. The van der Waals surface area contributed by atoms with E-state index in [9.17, 15) is 0 Å². The fraction of sp³-hybridized carbons (Fsp3) is 0.680. The van der Waals surface area contributed by atoms with Crippen molar-refractivity contribution in [3.05, 3.63) is 24.3 Å². The quantitative estimate of drug-likeness (QED) is 0.632. The lowest BCUT2D eigenvalue weighted by atomic mass is 9.83. The number of hydrogen-bond acceptors (Lipinski definition) is 6. The van der Waals surface area contributed by atoms with Gasteiger partial charge in [-0.3, -0.25) is 4.90 Å². The van der Waals surface area contributed by atoms with Crippen LogP contribution in [-0.4, -0.2) is 71.5 Å². The predicted molar refractivity (Wildman–Crippen MR) is 142 cm³/mol. The van der Waals surface area contributed by atoms with Gasteiger partial charge in [0.1, 0.15) is 5.82 Å². The molecule has 0 bridgehead atoms. The topological polar surface area (TPSA) is 48.6 Å². The molecule has 0 amide bonds. The van der Waals surface area contributed by atoms with Gasteiger partial charge in [0.05, 0.1) is 10.2 Å². The smallest absolute Gasteiger partial charge is 0.150 e. The number of benzene rings is 1. The molecule has 0 radical (unpaired) electrons. The zero-order valence-corrected chi connectivity index (χ0v) is 21.0. The Labute approximate surface area is 203 Å². The van der Waals surface area contributed by atoms with Gasteiger partial charge in [-0.25, -0.2) is 0 Å². The van der Waals surface area contributed by atoms with Crippen LogP contribution in [0.3, 0.4) is 0 Å². The number of rotatable bonds is 5. The standard InChI is InChI=1S/C24H36N4S.CH3NS/c1-4-13-27(14-5-1)21-10-8-20(9-11-21)12-15-26-16-18-28(19-17-26)24-22-6-2-3-7-23(22)29-25-24;2-1-3/h2-3,6-7,20-21H,1,4-5,8-19H2;1H,(H2,2,3)/t20-,21-;. The van der Waals surface area contributed by atoms with Crippen molar-refractivity contribution >= 4 is 45.1 Å². The lowest BCUT2D eigenvalue weighted by Crippen LogP contribution is -2.47. The SMILES string of the molecule is NC=S.c1ccc2c(N3CCN(CC[C@H]4CC[C@H](N5CCCCC5)CC4)CC3)nsc2c1. The van der Waals surface area contributed by atoms with Crippen LogP contribution in [0.4, 0.5) is 5.82 Å². The van der Waals surface area contributed by atoms with Crippen molar-refractivity contribution in [2.75, 3.05) is 50.7 Å². The van der Waals surface area contributed by atoms with E-state index in [4.69, 9.17) is 4.37 Å². The predicted octanol–water partition coefficient (Wildman–Crippen LogP) is 4.76. The van der Waals surface area contributed by atoms with Gasteiger partial charge in [-0.15, -0.1) is 0 Å². The molecule has 32 heavy (non-hydrogen) atoms. The molecule has 3 aliphatic rings. The third-order valence-electron chi connectivity index (χ3n) is 7.61. The van der Waals surface area contributed by atoms with E-state index in [1.807, 2.05) is 0 Å². The molecule has 176 valence electrons. The molecular weight excluding hydrogens is 434 g/mol. The van der Waals surface area contributed by atoms with E-state index in [0.717, 1.165) is 30.5 Å². The second-order valence-electron chi connectivity index (χ2n) is 9.53. The molecule has 5 rings (SSSR count). The third-order valence-corrected chi connectivity index (χ3v) is 8.42. The number of piperidine rings is 1. The summed E-state index contributed by atoms with van der Waals surface area (Å²) in [6.45, 7) is 8.65. The van der Waals surface area contributed by atoms with Crippen molar-refractivity contribution in [2.45, 2.75) is 57.4 Å². The minimum Gasteiger partial charge on any atom is -0.396 e. The van der Waals surface area contributed by atoms with Crippen LogP contribution in [0.25, 0.3) is 10.1 Å². The molecule has 1 aromatic heterocycles. The molecule has 2 N–H and O–H groups in total. The number of nitrogens with two attached hydrogens (primary N) is 1.